The zero-order valence-electron chi connectivity index (χ0n) is 8.14. The van der Waals surface area contributed by atoms with Crippen LogP contribution in [0.15, 0.2) is 18.5 Å². The third-order valence-electron chi connectivity index (χ3n) is 1.63. The van der Waals surface area contributed by atoms with Crippen LogP contribution >= 0.6 is 0 Å². The van der Waals surface area contributed by atoms with E-state index in [1.54, 1.807) is 12.4 Å². The molecule has 4 heteroatoms. The van der Waals surface area contributed by atoms with Crippen LogP contribution in [0.25, 0.3) is 0 Å². The molecule has 0 aliphatic rings. The highest BCUT2D eigenvalue weighted by Crippen LogP contribution is 1.94. The Morgan fingerprint density at radius 2 is 2.08 bits per heavy atom. The molecular formula is C9H16N4. The Morgan fingerprint density at radius 3 is 2.62 bits per heavy atom. The van der Waals surface area contributed by atoms with Crippen molar-refractivity contribution in [2.45, 2.75) is 19.5 Å². The van der Waals surface area contributed by atoms with Gasteiger partial charge in [0.05, 0.1) is 6.54 Å². The maximum Gasteiger partial charge on any atom is 0.142 e. The van der Waals surface area contributed by atoms with Gasteiger partial charge in [-0.15, -0.1) is 0 Å². The van der Waals surface area contributed by atoms with Crippen LogP contribution in [0.5, 0.6) is 0 Å². The van der Waals surface area contributed by atoms with Gasteiger partial charge in [-0.3, -0.25) is 4.90 Å². The van der Waals surface area contributed by atoms with Crippen LogP contribution in [0.3, 0.4) is 0 Å². The molecule has 0 saturated carbocycles. The van der Waals surface area contributed by atoms with Gasteiger partial charge < -0.3 is 5.73 Å². The van der Waals surface area contributed by atoms with Gasteiger partial charge in [0.15, 0.2) is 0 Å². The zero-order valence-corrected chi connectivity index (χ0v) is 8.14. The van der Waals surface area contributed by atoms with Gasteiger partial charge in [0.1, 0.15) is 5.82 Å². The first-order valence-corrected chi connectivity index (χ1v) is 4.38. The third kappa shape index (κ3) is 3.96. The van der Waals surface area contributed by atoms with Crippen LogP contribution in [0.4, 0.5) is 0 Å². The molecule has 0 spiro atoms. The lowest BCUT2D eigenvalue weighted by atomic mass is 10.3. The van der Waals surface area contributed by atoms with Crippen molar-refractivity contribution in [2.75, 3.05) is 13.6 Å². The number of aromatic nitrogens is 2. The van der Waals surface area contributed by atoms with Crippen molar-refractivity contribution in [1.82, 2.24) is 14.9 Å². The lowest BCUT2D eigenvalue weighted by Gasteiger charge is -2.17. The summed E-state index contributed by atoms with van der Waals surface area (Å²) in [5, 5.41) is 0. The monoisotopic (exact) mass is 180 g/mol. The topological polar surface area (TPSA) is 55.0 Å². The molecule has 1 rings (SSSR count). The summed E-state index contributed by atoms with van der Waals surface area (Å²) in [6, 6.07) is 2.00. The molecule has 0 bridgehead atoms. The Labute approximate surface area is 78.8 Å². The van der Waals surface area contributed by atoms with Crippen LogP contribution < -0.4 is 5.73 Å². The van der Waals surface area contributed by atoms with Crippen LogP contribution in [0.2, 0.25) is 0 Å². The fraction of sp³-hybridized carbons (Fsp3) is 0.556. The molecule has 2 N–H and O–H groups in total. The molecule has 1 atom stereocenters. The molecule has 1 aromatic heterocycles. The SMILES string of the molecule is CC(N)CN(C)Cc1ncccn1. The second-order valence-corrected chi connectivity index (χ2v) is 3.34. The minimum absolute atomic E-state index is 0.189. The molecule has 1 unspecified atom stereocenters. The van der Waals surface area contributed by atoms with E-state index in [4.69, 9.17) is 5.73 Å². The number of hydrogen-bond acceptors (Lipinski definition) is 4. The third-order valence-corrected chi connectivity index (χ3v) is 1.63. The molecule has 0 radical (unpaired) electrons. The summed E-state index contributed by atoms with van der Waals surface area (Å²) in [7, 11) is 2.01. The van der Waals surface area contributed by atoms with Crippen LogP contribution in [-0.2, 0) is 6.54 Å². The first-order valence-electron chi connectivity index (χ1n) is 4.38. The summed E-state index contributed by atoms with van der Waals surface area (Å²) >= 11 is 0. The second kappa shape index (κ2) is 4.89. The fourth-order valence-corrected chi connectivity index (χ4v) is 1.21. The summed E-state index contributed by atoms with van der Waals surface area (Å²) in [4.78, 5) is 10.4. The van der Waals surface area contributed by atoms with E-state index in [0.717, 1.165) is 18.9 Å². The van der Waals surface area contributed by atoms with E-state index in [2.05, 4.69) is 14.9 Å². The van der Waals surface area contributed by atoms with E-state index in [1.165, 1.54) is 0 Å². The van der Waals surface area contributed by atoms with Crippen molar-refractivity contribution in [3.63, 3.8) is 0 Å². The molecule has 0 aromatic carbocycles. The Kier molecular flexibility index (Phi) is 3.79. The fourth-order valence-electron chi connectivity index (χ4n) is 1.21. The number of nitrogens with zero attached hydrogens (tertiary/aromatic N) is 3. The largest absolute Gasteiger partial charge is 0.327 e. The van der Waals surface area contributed by atoms with Crippen molar-refractivity contribution >= 4 is 0 Å². The minimum atomic E-state index is 0.189. The molecule has 0 aliphatic carbocycles. The molecule has 0 aliphatic heterocycles. The molecule has 72 valence electrons. The average Bonchev–Trinajstić information content (AvgIpc) is 2.04. The highest BCUT2D eigenvalue weighted by atomic mass is 15.1. The lowest BCUT2D eigenvalue weighted by Crippen LogP contribution is -2.32. The van der Waals surface area contributed by atoms with Crippen molar-refractivity contribution in [3.8, 4) is 0 Å². The van der Waals surface area contributed by atoms with Crippen molar-refractivity contribution in [3.05, 3.63) is 24.3 Å². The van der Waals surface area contributed by atoms with E-state index in [1.807, 2.05) is 20.0 Å². The van der Waals surface area contributed by atoms with Crippen LogP contribution in [-0.4, -0.2) is 34.5 Å². The van der Waals surface area contributed by atoms with E-state index in [-0.39, 0.29) is 6.04 Å². The smallest absolute Gasteiger partial charge is 0.142 e. The molecular weight excluding hydrogens is 164 g/mol. The van der Waals surface area contributed by atoms with Gasteiger partial charge in [-0.2, -0.15) is 0 Å². The molecule has 1 heterocycles. The van der Waals surface area contributed by atoms with Crippen molar-refractivity contribution < 1.29 is 0 Å². The Balaban J connectivity index is 2.41. The van der Waals surface area contributed by atoms with Crippen molar-refractivity contribution in [2.24, 2.45) is 5.73 Å². The van der Waals surface area contributed by atoms with Gasteiger partial charge in [-0.1, -0.05) is 0 Å². The summed E-state index contributed by atoms with van der Waals surface area (Å²) in [6.07, 6.45) is 3.50. The standard InChI is InChI=1S/C9H16N4/c1-8(10)6-13(2)7-9-11-4-3-5-12-9/h3-5,8H,6-7,10H2,1-2H3. The van der Waals surface area contributed by atoms with E-state index >= 15 is 0 Å². The lowest BCUT2D eigenvalue weighted by molar-refractivity contribution is 0.302. The number of nitrogens with two attached hydrogens (primary N) is 1. The Hall–Kier alpha value is -1.00. The zero-order chi connectivity index (χ0) is 9.68. The molecule has 0 saturated heterocycles. The average molecular weight is 180 g/mol. The highest BCUT2D eigenvalue weighted by molar-refractivity contribution is 4.88. The summed E-state index contributed by atoms with van der Waals surface area (Å²) in [5.41, 5.74) is 5.66. The number of rotatable bonds is 4. The van der Waals surface area contributed by atoms with Gasteiger partial charge in [-0.25, -0.2) is 9.97 Å². The second-order valence-electron chi connectivity index (χ2n) is 3.34. The number of likely N-dealkylation sites (N-methyl/N-ethyl adjacent to an activating group) is 1. The molecule has 4 nitrogen and oxygen atoms in total. The minimum Gasteiger partial charge on any atom is -0.327 e. The number of hydrogen-bond donors (Lipinski definition) is 1. The van der Waals surface area contributed by atoms with E-state index in [0.29, 0.717) is 0 Å². The molecule has 13 heavy (non-hydrogen) atoms. The van der Waals surface area contributed by atoms with Gasteiger partial charge in [0.2, 0.25) is 0 Å². The first-order chi connectivity index (χ1) is 6.18. The Bertz CT molecular complexity index is 235. The Morgan fingerprint density at radius 1 is 1.46 bits per heavy atom. The maximum absolute atomic E-state index is 5.66. The van der Waals surface area contributed by atoms with E-state index in [9.17, 15) is 0 Å². The van der Waals surface area contributed by atoms with Gasteiger partial charge in [0, 0.05) is 25.0 Å². The normalized spacial score (nSPS) is 13.2. The molecule has 0 amide bonds. The maximum atomic E-state index is 5.66. The quantitative estimate of drug-likeness (QED) is 0.722. The van der Waals surface area contributed by atoms with Gasteiger partial charge >= 0.3 is 0 Å². The predicted molar refractivity (Wildman–Crippen MR) is 52.0 cm³/mol. The van der Waals surface area contributed by atoms with E-state index < -0.39 is 0 Å². The van der Waals surface area contributed by atoms with Crippen LogP contribution in [0, 0.1) is 0 Å². The molecule has 0 fully saturated rings. The van der Waals surface area contributed by atoms with Gasteiger partial charge in [-0.05, 0) is 20.0 Å². The highest BCUT2D eigenvalue weighted by Gasteiger charge is 2.03. The van der Waals surface area contributed by atoms with Crippen LogP contribution in [0.1, 0.15) is 12.7 Å². The summed E-state index contributed by atoms with van der Waals surface area (Å²) in [6.45, 7) is 3.60. The first kappa shape index (κ1) is 10.1. The predicted octanol–water partition coefficient (Wildman–Crippen LogP) is 0.256. The van der Waals surface area contributed by atoms with Crippen molar-refractivity contribution in [1.29, 1.82) is 0 Å². The molecule has 1 aromatic rings. The summed E-state index contributed by atoms with van der Waals surface area (Å²) < 4.78 is 0. The van der Waals surface area contributed by atoms with Gasteiger partial charge in [0.25, 0.3) is 0 Å². The summed E-state index contributed by atoms with van der Waals surface area (Å²) in [5.74, 6) is 0.839.